The number of rotatable bonds is 5. The molecule has 0 unspecified atom stereocenters. The smallest absolute Gasteiger partial charge is 0.322 e. The molecule has 5 heteroatoms. The number of hydrogen-bond donors (Lipinski definition) is 2. The van der Waals surface area contributed by atoms with Crippen molar-refractivity contribution >= 4 is 17.7 Å². The number of carboxylic acid groups (broad SMARTS) is 1. The summed E-state index contributed by atoms with van der Waals surface area (Å²) in [5.41, 5.74) is 1.70. The lowest BCUT2D eigenvalue weighted by Crippen LogP contribution is -2.46. The Labute approximate surface area is 118 Å². The molecule has 5 nitrogen and oxygen atoms in total. The van der Waals surface area contributed by atoms with Crippen molar-refractivity contribution in [3.05, 3.63) is 29.8 Å². The summed E-state index contributed by atoms with van der Waals surface area (Å²) in [7, 11) is 0. The third-order valence-electron chi connectivity index (χ3n) is 3.55. The highest BCUT2D eigenvalue weighted by atomic mass is 16.4. The Morgan fingerprint density at radius 3 is 2.40 bits per heavy atom. The van der Waals surface area contributed by atoms with Gasteiger partial charge in [0, 0.05) is 17.8 Å². The van der Waals surface area contributed by atoms with Crippen molar-refractivity contribution in [2.45, 2.75) is 38.6 Å². The fourth-order valence-electron chi connectivity index (χ4n) is 1.92. The monoisotopic (exact) mass is 276 g/mol. The van der Waals surface area contributed by atoms with Crippen LogP contribution in [0.25, 0.3) is 0 Å². The molecule has 0 aliphatic heterocycles. The summed E-state index contributed by atoms with van der Waals surface area (Å²) in [6, 6.07) is 7.28. The van der Waals surface area contributed by atoms with Crippen molar-refractivity contribution in [1.29, 1.82) is 0 Å². The van der Waals surface area contributed by atoms with E-state index in [2.05, 4.69) is 5.32 Å². The second-order valence-corrected chi connectivity index (χ2v) is 5.62. The Morgan fingerprint density at radius 2 is 1.90 bits per heavy atom. The fraction of sp³-hybridized carbons (Fsp3) is 0.467. The maximum atomic E-state index is 12.3. The topological polar surface area (TPSA) is 69.6 Å². The largest absolute Gasteiger partial charge is 0.481 e. The molecule has 20 heavy (non-hydrogen) atoms. The number of carbonyl (C=O) groups is 2. The zero-order valence-electron chi connectivity index (χ0n) is 11.8. The first-order valence-electron chi connectivity index (χ1n) is 6.78. The van der Waals surface area contributed by atoms with Gasteiger partial charge in [0.25, 0.3) is 0 Å². The van der Waals surface area contributed by atoms with Crippen molar-refractivity contribution in [2.24, 2.45) is 0 Å². The van der Waals surface area contributed by atoms with Gasteiger partial charge in [-0.2, -0.15) is 0 Å². The molecular formula is C15H20N2O3. The van der Waals surface area contributed by atoms with Gasteiger partial charge in [-0.05, 0) is 38.8 Å². The molecule has 0 radical (unpaired) electrons. The summed E-state index contributed by atoms with van der Waals surface area (Å²) >= 11 is 0. The van der Waals surface area contributed by atoms with Gasteiger partial charge in [-0.1, -0.05) is 17.7 Å². The minimum atomic E-state index is -0.910. The van der Waals surface area contributed by atoms with Gasteiger partial charge >= 0.3 is 12.0 Å². The van der Waals surface area contributed by atoms with Crippen LogP contribution in [0.3, 0.4) is 0 Å². The van der Waals surface area contributed by atoms with Crippen LogP contribution in [-0.4, -0.2) is 29.2 Å². The number of nitrogens with zero attached hydrogens (tertiary/aromatic N) is 1. The lowest BCUT2D eigenvalue weighted by Gasteiger charge is -2.25. The van der Waals surface area contributed by atoms with E-state index in [1.54, 1.807) is 0 Å². The highest BCUT2D eigenvalue weighted by Gasteiger charge is 2.39. The first-order chi connectivity index (χ1) is 9.39. The van der Waals surface area contributed by atoms with Gasteiger partial charge in [-0.15, -0.1) is 0 Å². The highest BCUT2D eigenvalue weighted by molar-refractivity contribution is 5.93. The number of anilines is 1. The summed E-state index contributed by atoms with van der Waals surface area (Å²) < 4.78 is 0. The minimum Gasteiger partial charge on any atom is -0.481 e. The SMILES string of the molecule is Cc1ccc(N(CCC(=O)O)C(=O)NC2(C)CC2)cc1. The number of aryl methyl sites for hydroxylation is 1. The van der Waals surface area contributed by atoms with Gasteiger partial charge < -0.3 is 10.4 Å². The van der Waals surface area contributed by atoms with Crippen molar-refractivity contribution in [2.75, 3.05) is 11.4 Å². The van der Waals surface area contributed by atoms with Gasteiger partial charge in [0.1, 0.15) is 0 Å². The Hall–Kier alpha value is -2.04. The zero-order chi connectivity index (χ0) is 14.8. The van der Waals surface area contributed by atoms with Gasteiger partial charge in [0.15, 0.2) is 0 Å². The Bertz CT molecular complexity index is 506. The maximum Gasteiger partial charge on any atom is 0.322 e. The quantitative estimate of drug-likeness (QED) is 0.868. The Balaban J connectivity index is 2.12. The second-order valence-electron chi connectivity index (χ2n) is 5.62. The summed E-state index contributed by atoms with van der Waals surface area (Å²) in [5.74, 6) is -0.910. The molecule has 0 atom stereocenters. The van der Waals surface area contributed by atoms with E-state index in [4.69, 9.17) is 5.11 Å². The molecule has 0 saturated heterocycles. The molecule has 0 spiro atoms. The van der Waals surface area contributed by atoms with Crippen LogP contribution in [-0.2, 0) is 4.79 Å². The number of benzene rings is 1. The van der Waals surface area contributed by atoms with E-state index >= 15 is 0 Å². The van der Waals surface area contributed by atoms with Crippen LogP contribution in [0.5, 0.6) is 0 Å². The van der Waals surface area contributed by atoms with Crippen molar-refractivity contribution in [1.82, 2.24) is 5.32 Å². The highest BCUT2D eigenvalue weighted by Crippen LogP contribution is 2.34. The summed E-state index contributed by atoms with van der Waals surface area (Å²) in [6.07, 6.45) is 1.87. The predicted molar refractivity (Wildman–Crippen MR) is 76.9 cm³/mol. The molecule has 1 aliphatic rings. The average molecular weight is 276 g/mol. The molecule has 0 aromatic heterocycles. The van der Waals surface area contributed by atoms with Gasteiger partial charge in [-0.3, -0.25) is 9.69 Å². The summed E-state index contributed by atoms with van der Waals surface area (Å²) in [4.78, 5) is 24.6. The van der Waals surface area contributed by atoms with E-state index in [1.165, 1.54) is 4.90 Å². The number of urea groups is 1. The first-order valence-corrected chi connectivity index (χ1v) is 6.78. The van der Waals surface area contributed by atoms with Crippen LogP contribution in [0.15, 0.2) is 24.3 Å². The van der Waals surface area contributed by atoms with E-state index in [0.29, 0.717) is 0 Å². The van der Waals surface area contributed by atoms with E-state index in [-0.39, 0.29) is 24.5 Å². The van der Waals surface area contributed by atoms with Crippen molar-refractivity contribution in [3.8, 4) is 0 Å². The molecule has 1 aromatic carbocycles. The molecule has 1 aromatic rings. The Kier molecular flexibility index (Phi) is 3.97. The molecule has 1 fully saturated rings. The summed E-state index contributed by atoms with van der Waals surface area (Å²) in [6.45, 7) is 4.13. The van der Waals surface area contributed by atoms with E-state index in [9.17, 15) is 9.59 Å². The molecule has 0 heterocycles. The number of amides is 2. The number of carboxylic acids is 1. The van der Waals surface area contributed by atoms with Gasteiger partial charge in [-0.25, -0.2) is 4.79 Å². The van der Waals surface area contributed by atoms with E-state index < -0.39 is 5.97 Å². The third-order valence-corrected chi connectivity index (χ3v) is 3.55. The molecular weight excluding hydrogens is 256 g/mol. The van der Waals surface area contributed by atoms with Crippen LogP contribution in [0, 0.1) is 6.92 Å². The molecule has 2 amide bonds. The van der Waals surface area contributed by atoms with Crippen LogP contribution < -0.4 is 10.2 Å². The normalized spacial score (nSPS) is 15.5. The minimum absolute atomic E-state index is 0.0714. The zero-order valence-corrected chi connectivity index (χ0v) is 11.8. The van der Waals surface area contributed by atoms with Gasteiger partial charge in [0.2, 0.25) is 0 Å². The summed E-state index contributed by atoms with van der Waals surface area (Å²) in [5, 5.41) is 11.8. The van der Waals surface area contributed by atoms with E-state index in [1.807, 2.05) is 38.1 Å². The lowest BCUT2D eigenvalue weighted by atomic mass is 10.2. The van der Waals surface area contributed by atoms with Crippen LogP contribution >= 0.6 is 0 Å². The predicted octanol–water partition coefficient (Wildman–Crippen LogP) is 2.54. The van der Waals surface area contributed by atoms with Crippen LogP contribution in [0.1, 0.15) is 31.7 Å². The Morgan fingerprint density at radius 1 is 1.30 bits per heavy atom. The second kappa shape index (κ2) is 5.53. The first kappa shape index (κ1) is 14.4. The lowest BCUT2D eigenvalue weighted by molar-refractivity contribution is -0.136. The van der Waals surface area contributed by atoms with Crippen molar-refractivity contribution < 1.29 is 14.7 Å². The van der Waals surface area contributed by atoms with Gasteiger partial charge in [0.05, 0.1) is 6.42 Å². The molecule has 0 bridgehead atoms. The molecule has 2 N–H and O–H groups in total. The van der Waals surface area contributed by atoms with Crippen LogP contribution in [0.4, 0.5) is 10.5 Å². The molecule has 2 rings (SSSR count). The van der Waals surface area contributed by atoms with Crippen LogP contribution in [0.2, 0.25) is 0 Å². The molecule has 108 valence electrons. The van der Waals surface area contributed by atoms with Crippen molar-refractivity contribution in [3.63, 3.8) is 0 Å². The molecule has 1 aliphatic carbocycles. The number of hydrogen-bond acceptors (Lipinski definition) is 2. The van der Waals surface area contributed by atoms with E-state index in [0.717, 1.165) is 24.1 Å². The fourth-order valence-corrected chi connectivity index (χ4v) is 1.92. The average Bonchev–Trinajstić information content (AvgIpc) is 3.08. The number of nitrogens with one attached hydrogen (secondary N) is 1. The third kappa shape index (κ3) is 3.73. The molecule has 1 saturated carbocycles. The maximum absolute atomic E-state index is 12.3. The number of aliphatic carboxylic acids is 1. The standard InChI is InChI=1S/C15H20N2O3/c1-11-3-5-12(6-4-11)17(10-7-13(18)19)14(20)16-15(2)8-9-15/h3-6H,7-10H2,1-2H3,(H,16,20)(H,18,19). The number of carbonyl (C=O) groups excluding carboxylic acids is 1.